The molecule has 0 aliphatic heterocycles. The lowest BCUT2D eigenvalue weighted by atomic mass is 9.75. The number of rotatable bonds is 8. The van der Waals surface area contributed by atoms with Gasteiger partial charge in [0.05, 0.1) is 5.92 Å². The largest absolute Gasteiger partial charge is 0.329 e. The van der Waals surface area contributed by atoms with Gasteiger partial charge in [-0.1, -0.05) is 56.3 Å². The Bertz CT molecular complexity index is 1010. The summed E-state index contributed by atoms with van der Waals surface area (Å²) in [5.41, 5.74) is 1.54. The average Bonchev–Trinajstić information content (AvgIpc) is 2.78. The first-order valence-corrected chi connectivity index (χ1v) is 10.4. The van der Waals surface area contributed by atoms with E-state index >= 15 is 0 Å². The predicted molar refractivity (Wildman–Crippen MR) is 118 cm³/mol. The maximum atomic E-state index is 13.5. The number of halogens is 1. The fraction of sp³-hybridized carbons (Fsp3) is 0.269. The molecule has 0 saturated carbocycles. The normalized spacial score (nSPS) is 15.2. The molecule has 0 bridgehead atoms. The third kappa shape index (κ3) is 5.43. The fourth-order valence-electron chi connectivity index (χ4n) is 3.70. The molecule has 4 nitrogen and oxygen atoms in total. The van der Waals surface area contributed by atoms with Crippen LogP contribution in [0.1, 0.15) is 48.5 Å². The van der Waals surface area contributed by atoms with Crippen molar-refractivity contribution in [2.24, 2.45) is 11.8 Å². The molecule has 0 spiro atoms. The van der Waals surface area contributed by atoms with Crippen molar-refractivity contribution in [3.05, 3.63) is 95.5 Å². The van der Waals surface area contributed by atoms with Crippen molar-refractivity contribution in [1.29, 1.82) is 0 Å². The maximum Gasteiger partial charge on any atom is 0.235 e. The van der Waals surface area contributed by atoms with Gasteiger partial charge >= 0.3 is 0 Å². The standard InChI is InChI=1S/C26H26FNO3/c1-17(2)24(29)23(26(31)28-21-11-7-4-8-12-21)22(18-9-5-3-6-10-18)25(30)19-13-15-20(27)16-14-19/h3-7,9-11,13-17,22-23H,8,12H2,1-2H3,(H,28,31). The quantitative estimate of drug-likeness (QED) is 0.485. The van der Waals surface area contributed by atoms with Crippen LogP contribution in [-0.2, 0) is 9.59 Å². The van der Waals surface area contributed by atoms with Crippen LogP contribution in [0.2, 0.25) is 0 Å². The van der Waals surface area contributed by atoms with Gasteiger partial charge < -0.3 is 5.32 Å². The molecule has 2 aromatic carbocycles. The third-order valence-corrected chi connectivity index (χ3v) is 5.36. The molecule has 1 N–H and O–H groups in total. The molecule has 31 heavy (non-hydrogen) atoms. The van der Waals surface area contributed by atoms with Gasteiger partial charge in [-0.3, -0.25) is 14.4 Å². The Kier molecular flexibility index (Phi) is 7.29. The summed E-state index contributed by atoms with van der Waals surface area (Å²) in [4.78, 5) is 40.1. The molecule has 2 aromatic rings. The molecule has 0 fully saturated rings. The van der Waals surface area contributed by atoms with E-state index in [1.165, 1.54) is 24.3 Å². The van der Waals surface area contributed by atoms with E-state index in [1.807, 2.05) is 12.2 Å². The molecule has 0 aromatic heterocycles. The Hall–Kier alpha value is -3.34. The topological polar surface area (TPSA) is 63.2 Å². The molecule has 160 valence electrons. The summed E-state index contributed by atoms with van der Waals surface area (Å²) in [5.74, 6) is -4.31. The summed E-state index contributed by atoms with van der Waals surface area (Å²) in [5, 5.41) is 2.86. The highest BCUT2D eigenvalue weighted by molar-refractivity contribution is 6.12. The molecule has 1 aliphatic carbocycles. The number of hydrogen-bond acceptors (Lipinski definition) is 3. The van der Waals surface area contributed by atoms with E-state index in [0.717, 1.165) is 12.1 Å². The number of benzene rings is 2. The first-order valence-electron chi connectivity index (χ1n) is 10.4. The fourth-order valence-corrected chi connectivity index (χ4v) is 3.70. The number of allylic oxidation sites excluding steroid dienone is 4. The van der Waals surface area contributed by atoms with E-state index in [9.17, 15) is 18.8 Å². The Morgan fingerprint density at radius 1 is 0.968 bits per heavy atom. The number of hydrogen-bond donors (Lipinski definition) is 1. The second kappa shape index (κ2) is 10.1. The van der Waals surface area contributed by atoms with Crippen LogP contribution in [0.5, 0.6) is 0 Å². The minimum atomic E-state index is -1.20. The van der Waals surface area contributed by atoms with Crippen LogP contribution in [0.25, 0.3) is 0 Å². The second-order valence-corrected chi connectivity index (χ2v) is 7.94. The van der Waals surface area contributed by atoms with E-state index in [4.69, 9.17) is 0 Å². The number of amides is 1. The van der Waals surface area contributed by atoms with Crippen molar-refractivity contribution in [2.75, 3.05) is 0 Å². The van der Waals surface area contributed by atoms with Crippen molar-refractivity contribution in [1.82, 2.24) is 5.32 Å². The van der Waals surface area contributed by atoms with Crippen LogP contribution >= 0.6 is 0 Å². The van der Waals surface area contributed by atoms with Gasteiger partial charge in [-0.2, -0.15) is 0 Å². The predicted octanol–water partition coefficient (Wildman–Crippen LogP) is 4.98. The zero-order valence-electron chi connectivity index (χ0n) is 17.7. The van der Waals surface area contributed by atoms with Crippen molar-refractivity contribution < 1.29 is 18.8 Å². The van der Waals surface area contributed by atoms with Crippen LogP contribution in [0.15, 0.2) is 78.5 Å². The maximum absolute atomic E-state index is 13.5. The molecule has 0 heterocycles. The molecule has 1 amide bonds. The van der Waals surface area contributed by atoms with Crippen LogP contribution in [0, 0.1) is 17.7 Å². The SMILES string of the molecule is CC(C)C(=O)C(C(=O)NC1=CC=CCC1)C(C(=O)c1ccc(F)cc1)c1ccccc1. The molecule has 0 radical (unpaired) electrons. The lowest BCUT2D eigenvalue weighted by Gasteiger charge is -2.27. The van der Waals surface area contributed by atoms with E-state index in [0.29, 0.717) is 12.0 Å². The molecule has 5 heteroatoms. The smallest absolute Gasteiger partial charge is 0.235 e. The molecular weight excluding hydrogens is 393 g/mol. The summed E-state index contributed by atoms with van der Waals surface area (Å²) in [6.45, 7) is 3.44. The summed E-state index contributed by atoms with van der Waals surface area (Å²) in [6, 6.07) is 14.0. The number of carbonyl (C=O) groups excluding carboxylic acids is 3. The second-order valence-electron chi connectivity index (χ2n) is 7.94. The molecule has 2 atom stereocenters. The molecule has 0 saturated heterocycles. The van der Waals surface area contributed by atoms with Gasteiger partial charge in [0.15, 0.2) is 5.78 Å². The minimum Gasteiger partial charge on any atom is -0.329 e. The Morgan fingerprint density at radius 2 is 1.65 bits per heavy atom. The third-order valence-electron chi connectivity index (χ3n) is 5.36. The molecular formula is C26H26FNO3. The van der Waals surface area contributed by atoms with E-state index in [2.05, 4.69) is 5.32 Å². The highest BCUT2D eigenvalue weighted by Gasteiger charge is 2.41. The van der Waals surface area contributed by atoms with Gasteiger partial charge in [-0.05, 0) is 48.7 Å². The van der Waals surface area contributed by atoms with Gasteiger partial charge in [0.1, 0.15) is 17.5 Å². The Labute approximate surface area is 181 Å². The number of Topliss-reactive ketones (excluding diaryl/α,β-unsaturated/α-hetero) is 2. The highest BCUT2D eigenvalue weighted by atomic mass is 19.1. The first-order chi connectivity index (χ1) is 14.9. The van der Waals surface area contributed by atoms with Crippen molar-refractivity contribution in [2.45, 2.75) is 32.6 Å². The number of ketones is 2. The highest BCUT2D eigenvalue weighted by Crippen LogP contribution is 2.32. The van der Waals surface area contributed by atoms with Crippen LogP contribution < -0.4 is 5.32 Å². The van der Waals surface area contributed by atoms with E-state index in [1.54, 1.807) is 50.3 Å². The van der Waals surface area contributed by atoms with Gasteiger partial charge in [0.2, 0.25) is 5.91 Å². The first kappa shape index (κ1) is 22.3. The van der Waals surface area contributed by atoms with E-state index < -0.39 is 35.3 Å². The zero-order chi connectivity index (χ0) is 22.4. The van der Waals surface area contributed by atoms with Crippen molar-refractivity contribution in [3.8, 4) is 0 Å². The average molecular weight is 419 g/mol. The van der Waals surface area contributed by atoms with Crippen LogP contribution in [0.4, 0.5) is 4.39 Å². The Balaban J connectivity index is 2.06. The molecule has 1 aliphatic rings. The van der Waals surface area contributed by atoms with Crippen molar-refractivity contribution >= 4 is 17.5 Å². The van der Waals surface area contributed by atoms with E-state index in [-0.39, 0.29) is 11.3 Å². The zero-order valence-corrected chi connectivity index (χ0v) is 17.7. The molecule has 3 rings (SSSR count). The summed E-state index contributed by atoms with van der Waals surface area (Å²) < 4.78 is 13.4. The number of carbonyl (C=O) groups is 3. The van der Waals surface area contributed by atoms with Gasteiger partial charge in [0, 0.05) is 17.2 Å². The monoisotopic (exact) mass is 419 g/mol. The summed E-state index contributed by atoms with van der Waals surface area (Å²) in [6.07, 6.45) is 7.11. The summed E-state index contributed by atoms with van der Waals surface area (Å²) in [7, 11) is 0. The van der Waals surface area contributed by atoms with Crippen molar-refractivity contribution in [3.63, 3.8) is 0 Å². The number of nitrogens with one attached hydrogen (secondary N) is 1. The van der Waals surface area contributed by atoms with Crippen LogP contribution in [0.3, 0.4) is 0 Å². The lowest BCUT2D eigenvalue weighted by molar-refractivity contribution is -0.136. The van der Waals surface area contributed by atoms with Gasteiger partial charge in [-0.25, -0.2) is 4.39 Å². The van der Waals surface area contributed by atoms with Gasteiger partial charge in [0.25, 0.3) is 0 Å². The van der Waals surface area contributed by atoms with Gasteiger partial charge in [-0.15, -0.1) is 0 Å². The minimum absolute atomic E-state index is 0.254. The molecule has 2 unspecified atom stereocenters. The summed E-state index contributed by atoms with van der Waals surface area (Å²) >= 11 is 0. The Morgan fingerprint density at radius 3 is 2.23 bits per heavy atom. The van der Waals surface area contributed by atoms with Crippen LogP contribution in [-0.4, -0.2) is 17.5 Å². The lowest BCUT2D eigenvalue weighted by Crippen LogP contribution is -2.42.